The Balaban J connectivity index is 1.72. The number of para-hydroxylation sites is 2. The summed E-state index contributed by atoms with van der Waals surface area (Å²) in [6.45, 7) is 5.86. The van der Waals surface area contributed by atoms with Crippen LogP contribution in [0, 0.1) is 0 Å². The minimum absolute atomic E-state index is 0.0749. The summed E-state index contributed by atoms with van der Waals surface area (Å²) in [5.41, 5.74) is 5.17. The molecule has 1 aliphatic rings. The highest BCUT2D eigenvalue weighted by molar-refractivity contribution is 6.03. The zero-order valence-electron chi connectivity index (χ0n) is 20.9. The summed E-state index contributed by atoms with van der Waals surface area (Å²) in [5.74, 6) is -0.275. The highest BCUT2D eigenvalue weighted by atomic mass is 16.2. The summed E-state index contributed by atoms with van der Waals surface area (Å²) in [6.07, 6.45) is 0.887. The molecule has 0 radical (unpaired) electrons. The van der Waals surface area contributed by atoms with E-state index in [1.165, 1.54) is 0 Å². The van der Waals surface area contributed by atoms with Crippen LogP contribution in [0.4, 0.5) is 5.69 Å². The van der Waals surface area contributed by atoms with Crippen LogP contribution >= 0.6 is 0 Å². The molecule has 5 rings (SSSR count). The topological polar surface area (TPSA) is 54.3 Å². The molecule has 5 heteroatoms. The molecule has 0 saturated carbocycles. The SMILES string of the molecule is CC(C)(C)NC(=O)C(c1ccccc1)N1C(=O)CCc2ccc(-c3ccccc3)n2-c2ccccc21. The van der Waals surface area contributed by atoms with Crippen molar-refractivity contribution in [2.75, 3.05) is 4.90 Å². The summed E-state index contributed by atoms with van der Waals surface area (Å²) in [5, 5.41) is 3.11. The van der Waals surface area contributed by atoms with E-state index in [4.69, 9.17) is 0 Å². The number of carbonyl (C=O) groups excluding carboxylic acids is 2. The van der Waals surface area contributed by atoms with E-state index < -0.39 is 11.6 Å². The van der Waals surface area contributed by atoms with Crippen LogP contribution < -0.4 is 10.2 Å². The molecule has 0 saturated heterocycles. The fraction of sp³-hybridized carbons (Fsp3) is 0.226. The van der Waals surface area contributed by atoms with Crippen LogP contribution in [0.2, 0.25) is 0 Å². The molecule has 1 N–H and O–H groups in total. The van der Waals surface area contributed by atoms with Gasteiger partial charge in [-0.25, -0.2) is 0 Å². The van der Waals surface area contributed by atoms with E-state index in [1.807, 2.05) is 93.6 Å². The van der Waals surface area contributed by atoms with Gasteiger partial charge in [-0.3, -0.25) is 14.5 Å². The summed E-state index contributed by atoms with van der Waals surface area (Å²) in [6, 6.07) is 31.1. The predicted molar refractivity (Wildman–Crippen MR) is 144 cm³/mol. The maximum Gasteiger partial charge on any atom is 0.248 e. The first-order valence-corrected chi connectivity index (χ1v) is 12.4. The fourth-order valence-electron chi connectivity index (χ4n) is 4.91. The number of fused-ring (bicyclic) bond motifs is 3. The summed E-state index contributed by atoms with van der Waals surface area (Å²) in [4.78, 5) is 29.3. The van der Waals surface area contributed by atoms with Crippen LogP contribution in [-0.4, -0.2) is 21.9 Å². The lowest BCUT2D eigenvalue weighted by Crippen LogP contribution is -2.50. The Hall–Kier alpha value is -4.12. The third kappa shape index (κ3) is 4.57. The second kappa shape index (κ2) is 9.50. The van der Waals surface area contributed by atoms with Gasteiger partial charge >= 0.3 is 0 Å². The number of benzene rings is 3. The van der Waals surface area contributed by atoms with E-state index >= 15 is 0 Å². The molecule has 0 fully saturated rings. The molecular formula is C31H31N3O2. The molecule has 0 aliphatic carbocycles. The van der Waals surface area contributed by atoms with Crippen LogP contribution in [0.5, 0.6) is 0 Å². The Morgan fingerprint density at radius 2 is 1.39 bits per heavy atom. The first kappa shape index (κ1) is 23.6. The molecule has 4 aromatic rings. The van der Waals surface area contributed by atoms with Crippen molar-refractivity contribution < 1.29 is 9.59 Å². The number of nitrogens with zero attached hydrogens (tertiary/aromatic N) is 2. The lowest BCUT2D eigenvalue weighted by Gasteiger charge is -2.36. The Morgan fingerprint density at radius 3 is 2.06 bits per heavy atom. The van der Waals surface area contributed by atoms with Crippen molar-refractivity contribution >= 4 is 17.5 Å². The van der Waals surface area contributed by atoms with Crippen molar-refractivity contribution in [3.63, 3.8) is 0 Å². The first-order chi connectivity index (χ1) is 17.3. The smallest absolute Gasteiger partial charge is 0.248 e. The number of rotatable bonds is 4. The molecular weight excluding hydrogens is 446 g/mol. The van der Waals surface area contributed by atoms with Gasteiger partial charge in [-0.15, -0.1) is 0 Å². The molecule has 2 heterocycles. The van der Waals surface area contributed by atoms with Gasteiger partial charge in [-0.05, 0) is 62.6 Å². The van der Waals surface area contributed by atoms with Crippen molar-refractivity contribution in [3.05, 3.63) is 108 Å². The third-order valence-electron chi connectivity index (χ3n) is 6.40. The van der Waals surface area contributed by atoms with Gasteiger partial charge in [0.25, 0.3) is 0 Å². The molecule has 0 spiro atoms. The molecule has 0 bridgehead atoms. The van der Waals surface area contributed by atoms with E-state index in [9.17, 15) is 9.59 Å². The molecule has 5 nitrogen and oxygen atoms in total. The number of aromatic nitrogens is 1. The molecule has 36 heavy (non-hydrogen) atoms. The summed E-state index contributed by atoms with van der Waals surface area (Å²) < 4.78 is 2.23. The third-order valence-corrected chi connectivity index (χ3v) is 6.40. The quantitative estimate of drug-likeness (QED) is 0.387. The van der Waals surface area contributed by atoms with E-state index in [2.05, 4.69) is 34.1 Å². The maximum atomic E-state index is 13.8. The zero-order valence-corrected chi connectivity index (χ0v) is 20.9. The number of hydrogen-bond acceptors (Lipinski definition) is 2. The zero-order chi connectivity index (χ0) is 25.3. The Kier molecular flexibility index (Phi) is 6.23. The minimum atomic E-state index is -0.795. The molecule has 2 amide bonds. The molecule has 1 aromatic heterocycles. The summed E-state index contributed by atoms with van der Waals surface area (Å²) in [7, 11) is 0. The number of nitrogens with one attached hydrogen (secondary N) is 1. The minimum Gasteiger partial charge on any atom is -0.349 e. The van der Waals surface area contributed by atoms with E-state index in [0.29, 0.717) is 12.8 Å². The standard InChI is InChI=1S/C31H31N3O2/c1-31(2,3)32-30(36)29(23-14-8-5-9-15-23)34-27-17-11-10-16-26(27)33-24(19-21-28(34)35)18-20-25(33)22-12-6-4-7-13-22/h4-18,20,29H,19,21H2,1-3H3,(H,32,36). The normalized spacial score (nSPS) is 14.3. The first-order valence-electron chi connectivity index (χ1n) is 12.4. The Morgan fingerprint density at radius 1 is 0.778 bits per heavy atom. The van der Waals surface area contributed by atoms with Gasteiger partial charge in [0.15, 0.2) is 0 Å². The number of anilines is 1. The highest BCUT2D eigenvalue weighted by Crippen LogP contribution is 2.38. The Bertz CT molecular complexity index is 1380. The number of amides is 2. The van der Waals surface area contributed by atoms with Gasteiger partial charge in [0, 0.05) is 17.7 Å². The van der Waals surface area contributed by atoms with Crippen LogP contribution in [-0.2, 0) is 16.0 Å². The number of carbonyl (C=O) groups is 2. The molecule has 1 unspecified atom stereocenters. The van der Waals surface area contributed by atoms with Crippen LogP contribution in [0.15, 0.2) is 97.1 Å². The van der Waals surface area contributed by atoms with Gasteiger partial charge in [-0.2, -0.15) is 0 Å². The van der Waals surface area contributed by atoms with Gasteiger partial charge in [0.1, 0.15) is 6.04 Å². The largest absolute Gasteiger partial charge is 0.349 e. The van der Waals surface area contributed by atoms with Crippen LogP contribution in [0.3, 0.4) is 0 Å². The van der Waals surface area contributed by atoms with Crippen LogP contribution in [0.1, 0.15) is 44.5 Å². The lowest BCUT2D eigenvalue weighted by molar-refractivity contribution is -0.127. The monoisotopic (exact) mass is 477 g/mol. The van der Waals surface area contributed by atoms with E-state index in [0.717, 1.165) is 33.9 Å². The van der Waals surface area contributed by atoms with Crippen molar-refractivity contribution in [2.24, 2.45) is 0 Å². The van der Waals surface area contributed by atoms with Gasteiger partial charge in [-0.1, -0.05) is 72.8 Å². The predicted octanol–water partition coefficient (Wildman–Crippen LogP) is 6.08. The maximum absolute atomic E-state index is 13.8. The molecule has 3 aromatic carbocycles. The van der Waals surface area contributed by atoms with Crippen molar-refractivity contribution in [2.45, 2.75) is 45.2 Å². The van der Waals surface area contributed by atoms with Gasteiger partial charge in [0.2, 0.25) is 11.8 Å². The van der Waals surface area contributed by atoms with E-state index in [1.54, 1.807) is 4.90 Å². The van der Waals surface area contributed by atoms with E-state index in [-0.39, 0.29) is 11.8 Å². The number of hydrogen-bond donors (Lipinski definition) is 1. The second-order valence-electron chi connectivity index (χ2n) is 10.2. The number of aryl methyl sites for hydroxylation is 1. The van der Waals surface area contributed by atoms with Gasteiger partial charge in [0.05, 0.1) is 17.1 Å². The van der Waals surface area contributed by atoms with Crippen molar-refractivity contribution in [3.8, 4) is 16.9 Å². The summed E-state index contributed by atoms with van der Waals surface area (Å²) >= 11 is 0. The average molecular weight is 478 g/mol. The van der Waals surface area contributed by atoms with Crippen LogP contribution in [0.25, 0.3) is 16.9 Å². The average Bonchev–Trinajstić information content (AvgIpc) is 3.28. The fourth-order valence-corrected chi connectivity index (χ4v) is 4.91. The highest BCUT2D eigenvalue weighted by Gasteiger charge is 2.36. The molecule has 1 aliphatic heterocycles. The van der Waals surface area contributed by atoms with Crippen molar-refractivity contribution in [1.29, 1.82) is 0 Å². The van der Waals surface area contributed by atoms with Crippen molar-refractivity contribution in [1.82, 2.24) is 9.88 Å². The molecule has 182 valence electrons. The Labute approximate surface area is 212 Å². The van der Waals surface area contributed by atoms with Gasteiger partial charge < -0.3 is 9.88 Å². The molecule has 1 atom stereocenters. The lowest BCUT2D eigenvalue weighted by atomic mass is 9.99. The second-order valence-corrected chi connectivity index (χ2v) is 10.2.